The fourth-order valence-corrected chi connectivity index (χ4v) is 4.70. The summed E-state index contributed by atoms with van der Waals surface area (Å²) in [6, 6.07) is 4.08. The molecule has 1 atom stereocenters. The molecule has 1 aromatic carbocycles. The standard InChI is InChI=1S/C25H36BrN3O5S/c1-3-4-5-6-7-8-9-10-15-34-22(30)17-20-24(32)27-13-14-29(20)25(35)28-23(31)18-11-12-21(33-2)19(26)16-18/h11-12,16,20H,3-10,13-15,17H2,1-2H3,(H,27,32)(H,28,31,35). The van der Waals surface area contributed by atoms with Crippen LogP contribution in [0.15, 0.2) is 22.7 Å². The number of methoxy groups -OCH3 is 1. The van der Waals surface area contributed by atoms with Crippen molar-refractivity contribution in [2.45, 2.75) is 70.8 Å². The maximum Gasteiger partial charge on any atom is 0.308 e. The van der Waals surface area contributed by atoms with Gasteiger partial charge in [-0.15, -0.1) is 0 Å². The number of nitrogens with one attached hydrogen (secondary N) is 2. The Bertz CT molecular complexity index is 883. The van der Waals surface area contributed by atoms with E-state index in [0.717, 1.165) is 19.3 Å². The Kier molecular flexibility index (Phi) is 13.0. The summed E-state index contributed by atoms with van der Waals surface area (Å²) in [4.78, 5) is 39.1. The van der Waals surface area contributed by atoms with Crippen molar-refractivity contribution in [2.75, 3.05) is 26.8 Å². The van der Waals surface area contributed by atoms with E-state index in [4.69, 9.17) is 21.7 Å². The zero-order valence-electron chi connectivity index (χ0n) is 20.6. The highest BCUT2D eigenvalue weighted by atomic mass is 79.9. The van der Waals surface area contributed by atoms with Gasteiger partial charge in [-0.1, -0.05) is 51.9 Å². The molecule has 10 heteroatoms. The number of benzene rings is 1. The number of thiocarbonyl (C=S) groups is 1. The van der Waals surface area contributed by atoms with Crippen molar-refractivity contribution in [1.29, 1.82) is 0 Å². The molecule has 0 aliphatic carbocycles. The third-order valence-electron chi connectivity index (χ3n) is 5.85. The molecule has 8 nitrogen and oxygen atoms in total. The van der Waals surface area contributed by atoms with E-state index in [1.807, 2.05) is 0 Å². The first-order chi connectivity index (χ1) is 16.9. The van der Waals surface area contributed by atoms with E-state index < -0.39 is 17.9 Å². The molecular weight excluding hydrogens is 534 g/mol. The molecule has 194 valence electrons. The van der Waals surface area contributed by atoms with Crippen LogP contribution in [0.1, 0.15) is 75.1 Å². The van der Waals surface area contributed by atoms with Gasteiger partial charge in [0.25, 0.3) is 5.91 Å². The second-order valence-corrected chi connectivity index (χ2v) is 9.75. The van der Waals surface area contributed by atoms with Crippen molar-refractivity contribution < 1.29 is 23.9 Å². The molecule has 1 saturated heterocycles. The van der Waals surface area contributed by atoms with Gasteiger partial charge < -0.3 is 19.7 Å². The number of carbonyl (C=O) groups is 3. The van der Waals surface area contributed by atoms with E-state index >= 15 is 0 Å². The number of hydrogen-bond acceptors (Lipinski definition) is 6. The lowest BCUT2D eigenvalue weighted by Crippen LogP contribution is -2.60. The zero-order valence-corrected chi connectivity index (χ0v) is 23.0. The van der Waals surface area contributed by atoms with Gasteiger partial charge in [0.15, 0.2) is 5.11 Å². The molecule has 0 radical (unpaired) electrons. The predicted octanol–water partition coefficient (Wildman–Crippen LogP) is 4.35. The summed E-state index contributed by atoms with van der Waals surface area (Å²) < 4.78 is 11.2. The number of unbranched alkanes of at least 4 members (excludes halogenated alkanes) is 7. The van der Waals surface area contributed by atoms with Gasteiger partial charge >= 0.3 is 5.97 Å². The average Bonchev–Trinajstić information content (AvgIpc) is 2.84. The minimum Gasteiger partial charge on any atom is -0.496 e. The summed E-state index contributed by atoms with van der Waals surface area (Å²) in [5, 5.41) is 5.51. The predicted molar refractivity (Wildman–Crippen MR) is 142 cm³/mol. The molecule has 2 N–H and O–H groups in total. The fraction of sp³-hybridized carbons (Fsp3) is 0.600. The molecule has 1 heterocycles. The summed E-state index contributed by atoms with van der Waals surface area (Å²) in [7, 11) is 1.54. The molecule has 2 amide bonds. The number of carbonyl (C=O) groups excluding carboxylic acids is 3. The number of ether oxygens (including phenoxy) is 2. The molecule has 0 bridgehead atoms. The molecule has 0 saturated carbocycles. The Balaban J connectivity index is 1.82. The summed E-state index contributed by atoms with van der Waals surface area (Å²) in [6.07, 6.45) is 9.12. The molecule has 0 spiro atoms. The monoisotopic (exact) mass is 569 g/mol. The van der Waals surface area contributed by atoms with Gasteiger partial charge in [0.1, 0.15) is 11.8 Å². The van der Waals surface area contributed by atoms with E-state index in [0.29, 0.717) is 35.5 Å². The van der Waals surface area contributed by atoms with Crippen LogP contribution in [-0.2, 0) is 14.3 Å². The number of amides is 2. The van der Waals surface area contributed by atoms with Crippen molar-refractivity contribution in [3.05, 3.63) is 28.2 Å². The molecule has 1 aliphatic rings. The second-order valence-electron chi connectivity index (χ2n) is 8.51. The van der Waals surface area contributed by atoms with Gasteiger partial charge in [-0.25, -0.2) is 0 Å². The highest BCUT2D eigenvalue weighted by Crippen LogP contribution is 2.25. The third kappa shape index (κ3) is 9.76. The van der Waals surface area contributed by atoms with Crippen molar-refractivity contribution in [3.63, 3.8) is 0 Å². The fourth-order valence-electron chi connectivity index (χ4n) is 3.85. The normalized spacial score (nSPS) is 15.3. The van der Waals surface area contributed by atoms with E-state index in [1.54, 1.807) is 23.1 Å². The van der Waals surface area contributed by atoms with Crippen molar-refractivity contribution in [2.24, 2.45) is 0 Å². The minimum absolute atomic E-state index is 0.0951. The number of rotatable bonds is 13. The van der Waals surface area contributed by atoms with E-state index in [-0.39, 0.29) is 17.4 Å². The second kappa shape index (κ2) is 15.7. The summed E-state index contributed by atoms with van der Waals surface area (Å²) in [6.45, 7) is 3.30. The highest BCUT2D eigenvalue weighted by molar-refractivity contribution is 9.10. The maximum absolute atomic E-state index is 12.7. The van der Waals surface area contributed by atoms with Crippen molar-refractivity contribution in [3.8, 4) is 5.75 Å². The van der Waals surface area contributed by atoms with Crippen LogP contribution in [0.25, 0.3) is 0 Å². The van der Waals surface area contributed by atoms with E-state index in [9.17, 15) is 14.4 Å². The summed E-state index contributed by atoms with van der Waals surface area (Å²) in [5.41, 5.74) is 0.378. The van der Waals surface area contributed by atoms with Crippen LogP contribution in [0.5, 0.6) is 5.75 Å². The number of esters is 1. The lowest BCUT2D eigenvalue weighted by Gasteiger charge is -2.36. The molecule has 1 aliphatic heterocycles. The molecule has 0 aromatic heterocycles. The lowest BCUT2D eigenvalue weighted by atomic mass is 10.1. The number of halogens is 1. The Hall–Kier alpha value is -2.20. The zero-order chi connectivity index (χ0) is 25.6. The SMILES string of the molecule is CCCCCCCCCCOC(=O)CC1C(=O)NCCN1C(=S)NC(=O)c1ccc(OC)c(Br)c1. The van der Waals surface area contributed by atoms with Crippen LogP contribution < -0.4 is 15.4 Å². The van der Waals surface area contributed by atoms with Gasteiger partial charge in [0, 0.05) is 18.7 Å². The highest BCUT2D eigenvalue weighted by Gasteiger charge is 2.34. The molecular formula is C25H36BrN3O5S. The number of piperazine rings is 1. The largest absolute Gasteiger partial charge is 0.496 e. The molecule has 1 aromatic rings. The Morgan fingerprint density at radius 1 is 1.17 bits per heavy atom. The van der Waals surface area contributed by atoms with Crippen LogP contribution in [0, 0.1) is 0 Å². The smallest absolute Gasteiger partial charge is 0.308 e. The number of nitrogens with zero attached hydrogens (tertiary/aromatic N) is 1. The van der Waals surface area contributed by atoms with Crippen molar-refractivity contribution >= 4 is 51.0 Å². The summed E-state index contributed by atoms with van der Waals surface area (Å²) in [5.74, 6) is -0.583. The van der Waals surface area contributed by atoms with Gasteiger partial charge in [-0.2, -0.15) is 0 Å². The summed E-state index contributed by atoms with van der Waals surface area (Å²) >= 11 is 8.77. The first-order valence-corrected chi connectivity index (χ1v) is 13.5. The van der Waals surface area contributed by atoms with Crippen LogP contribution in [-0.4, -0.2) is 60.6 Å². The minimum atomic E-state index is -0.829. The van der Waals surface area contributed by atoms with Crippen LogP contribution >= 0.6 is 28.1 Å². The van der Waals surface area contributed by atoms with E-state index in [2.05, 4.69) is 33.5 Å². The van der Waals surface area contributed by atoms with E-state index in [1.165, 1.54) is 39.2 Å². The maximum atomic E-state index is 12.7. The lowest BCUT2D eigenvalue weighted by molar-refractivity contribution is -0.147. The Morgan fingerprint density at radius 3 is 2.51 bits per heavy atom. The quantitative estimate of drug-likeness (QED) is 0.207. The van der Waals surface area contributed by atoms with Crippen LogP contribution in [0.2, 0.25) is 0 Å². The topological polar surface area (TPSA) is 97.0 Å². The first kappa shape index (κ1) is 29.0. The van der Waals surface area contributed by atoms with Gasteiger partial charge in [-0.05, 0) is 52.8 Å². The van der Waals surface area contributed by atoms with Crippen LogP contribution in [0.4, 0.5) is 0 Å². The Morgan fingerprint density at radius 2 is 1.86 bits per heavy atom. The van der Waals surface area contributed by atoms with Crippen molar-refractivity contribution in [1.82, 2.24) is 15.5 Å². The molecule has 35 heavy (non-hydrogen) atoms. The number of hydrogen-bond donors (Lipinski definition) is 2. The first-order valence-electron chi connectivity index (χ1n) is 12.3. The average molecular weight is 571 g/mol. The molecule has 1 fully saturated rings. The van der Waals surface area contributed by atoms with Gasteiger partial charge in [-0.3, -0.25) is 19.7 Å². The molecule has 2 rings (SSSR count). The van der Waals surface area contributed by atoms with Gasteiger partial charge in [0.2, 0.25) is 5.91 Å². The van der Waals surface area contributed by atoms with Gasteiger partial charge in [0.05, 0.1) is 24.6 Å². The molecule has 1 unspecified atom stereocenters. The van der Waals surface area contributed by atoms with Crippen LogP contribution in [0.3, 0.4) is 0 Å². The Labute approximate surface area is 221 Å². The third-order valence-corrected chi connectivity index (χ3v) is 6.80.